The third-order valence-electron chi connectivity index (χ3n) is 2.18. The highest BCUT2D eigenvalue weighted by molar-refractivity contribution is 14.1. The molecular formula is C12H9IN2O2. The van der Waals surface area contributed by atoms with Crippen LogP contribution in [0, 0.1) is 3.57 Å². The van der Waals surface area contributed by atoms with Gasteiger partial charge in [0.2, 0.25) is 0 Å². The Bertz CT molecular complexity index is 607. The van der Waals surface area contributed by atoms with Gasteiger partial charge in [-0.25, -0.2) is 0 Å². The Balaban J connectivity index is 2.27. The molecule has 4 nitrogen and oxygen atoms in total. The second-order valence-corrected chi connectivity index (χ2v) is 4.51. The maximum Gasteiger partial charge on any atom is 0.261 e. The van der Waals surface area contributed by atoms with Crippen LogP contribution in [0.25, 0.3) is 0 Å². The van der Waals surface area contributed by atoms with Crippen LogP contribution < -0.4 is 10.9 Å². The zero-order valence-corrected chi connectivity index (χ0v) is 10.9. The van der Waals surface area contributed by atoms with Gasteiger partial charge in [-0.15, -0.1) is 0 Å². The minimum absolute atomic E-state index is 0.104. The molecule has 1 aromatic heterocycles. The lowest BCUT2D eigenvalue weighted by Crippen LogP contribution is -2.22. The van der Waals surface area contributed by atoms with Gasteiger partial charge < -0.3 is 10.3 Å². The predicted molar refractivity (Wildman–Crippen MR) is 74.2 cm³/mol. The second-order valence-electron chi connectivity index (χ2n) is 3.35. The number of hydrogen-bond donors (Lipinski definition) is 2. The average Bonchev–Trinajstić information content (AvgIpc) is 2.32. The number of rotatable bonds is 2. The predicted octanol–water partition coefficient (Wildman–Crippen LogP) is 2.23. The number of H-pyrrole nitrogens is 1. The fraction of sp³-hybridized carbons (Fsp3) is 0. The second kappa shape index (κ2) is 5.13. The van der Waals surface area contributed by atoms with E-state index in [9.17, 15) is 9.59 Å². The van der Waals surface area contributed by atoms with Gasteiger partial charge in [-0.3, -0.25) is 9.59 Å². The normalized spacial score (nSPS) is 9.94. The Labute approximate surface area is 111 Å². The van der Waals surface area contributed by atoms with Gasteiger partial charge in [0.15, 0.2) is 0 Å². The number of halogens is 1. The lowest BCUT2D eigenvalue weighted by atomic mass is 10.2. The summed E-state index contributed by atoms with van der Waals surface area (Å²) in [6, 6.07) is 10.5. The SMILES string of the molecule is O=C(Nc1ccccc1I)c1ccc[nH]c1=O. The highest BCUT2D eigenvalue weighted by Crippen LogP contribution is 2.17. The van der Waals surface area contributed by atoms with Gasteiger partial charge >= 0.3 is 0 Å². The third kappa shape index (κ3) is 2.73. The molecule has 2 aromatic rings. The Hall–Kier alpha value is -1.63. The zero-order chi connectivity index (χ0) is 12.3. The summed E-state index contributed by atoms with van der Waals surface area (Å²) in [5, 5.41) is 2.70. The molecule has 1 amide bonds. The standard InChI is InChI=1S/C12H9IN2O2/c13-9-5-1-2-6-10(9)15-12(17)8-4-3-7-14-11(8)16/h1-7H,(H,14,16)(H,15,17). The molecule has 2 rings (SSSR count). The van der Waals surface area contributed by atoms with Crippen molar-refractivity contribution in [2.24, 2.45) is 0 Å². The van der Waals surface area contributed by atoms with Crippen LogP contribution in [0.15, 0.2) is 47.4 Å². The first kappa shape index (κ1) is 11.8. The Morgan fingerprint density at radius 1 is 1.18 bits per heavy atom. The van der Waals surface area contributed by atoms with Gasteiger partial charge in [0, 0.05) is 9.77 Å². The number of pyridine rings is 1. The molecule has 0 unspecified atom stereocenters. The Morgan fingerprint density at radius 2 is 1.94 bits per heavy atom. The van der Waals surface area contributed by atoms with E-state index in [1.807, 2.05) is 18.2 Å². The van der Waals surface area contributed by atoms with E-state index in [0.29, 0.717) is 5.69 Å². The maximum atomic E-state index is 11.9. The Morgan fingerprint density at radius 3 is 2.65 bits per heavy atom. The highest BCUT2D eigenvalue weighted by Gasteiger charge is 2.10. The minimum atomic E-state index is -0.407. The monoisotopic (exact) mass is 340 g/mol. The number of aromatic amines is 1. The van der Waals surface area contributed by atoms with E-state index in [0.717, 1.165) is 3.57 Å². The first-order valence-corrected chi connectivity index (χ1v) is 6.00. The van der Waals surface area contributed by atoms with Crippen molar-refractivity contribution in [1.82, 2.24) is 4.98 Å². The first-order valence-electron chi connectivity index (χ1n) is 4.92. The van der Waals surface area contributed by atoms with Crippen molar-refractivity contribution >= 4 is 34.2 Å². The van der Waals surface area contributed by atoms with Gasteiger partial charge in [-0.1, -0.05) is 12.1 Å². The van der Waals surface area contributed by atoms with Crippen molar-refractivity contribution in [3.05, 3.63) is 62.1 Å². The van der Waals surface area contributed by atoms with Crippen molar-refractivity contribution in [3.8, 4) is 0 Å². The number of anilines is 1. The quantitative estimate of drug-likeness (QED) is 0.824. The van der Waals surface area contributed by atoms with Crippen molar-refractivity contribution in [2.75, 3.05) is 5.32 Å². The molecule has 0 radical (unpaired) electrons. The summed E-state index contributed by atoms with van der Waals surface area (Å²) in [6.07, 6.45) is 1.49. The molecule has 1 heterocycles. The van der Waals surface area contributed by atoms with Crippen molar-refractivity contribution in [2.45, 2.75) is 0 Å². The molecule has 0 aliphatic carbocycles. The molecule has 0 aliphatic rings. The van der Waals surface area contributed by atoms with Crippen molar-refractivity contribution in [3.63, 3.8) is 0 Å². The topological polar surface area (TPSA) is 62.0 Å². The van der Waals surface area contributed by atoms with Gasteiger partial charge in [0.25, 0.3) is 11.5 Å². The number of amides is 1. The number of carbonyl (C=O) groups excluding carboxylic acids is 1. The van der Waals surface area contributed by atoms with E-state index in [1.54, 1.807) is 12.1 Å². The molecule has 0 spiro atoms. The Kier molecular flexibility index (Phi) is 3.58. The molecule has 86 valence electrons. The number of benzene rings is 1. The van der Waals surface area contributed by atoms with Crippen LogP contribution in [0.3, 0.4) is 0 Å². The molecule has 17 heavy (non-hydrogen) atoms. The highest BCUT2D eigenvalue weighted by atomic mass is 127. The minimum Gasteiger partial charge on any atom is -0.328 e. The molecule has 0 saturated heterocycles. The molecule has 0 aliphatic heterocycles. The van der Waals surface area contributed by atoms with Gasteiger partial charge in [-0.2, -0.15) is 0 Å². The van der Waals surface area contributed by atoms with Crippen LogP contribution in [-0.2, 0) is 0 Å². The largest absolute Gasteiger partial charge is 0.328 e. The van der Waals surface area contributed by atoms with Crippen LogP contribution in [0.2, 0.25) is 0 Å². The lowest BCUT2D eigenvalue weighted by molar-refractivity contribution is 0.102. The van der Waals surface area contributed by atoms with Crippen LogP contribution in [0.1, 0.15) is 10.4 Å². The summed E-state index contributed by atoms with van der Waals surface area (Å²) < 4.78 is 0.922. The fourth-order valence-electron chi connectivity index (χ4n) is 1.35. The molecular weight excluding hydrogens is 331 g/mol. The van der Waals surface area contributed by atoms with Gasteiger partial charge in [-0.05, 0) is 46.9 Å². The van der Waals surface area contributed by atoms with E-state index < -0.39 is 11.5 Å². The van der Waals surface area contributed by atoms with Gasteiger partial charge in [0.05, 0.1) is 5.69 Å². The first-order chi connectivity index (χ1) is 8.18. The summed E-state index contributed by atoms with van der Waals surface area (Å²) in [7, 11) is 0. The lowest BCUT2D eigenvalue weighted by Gasteiger charge is -2.06. The van der Waals surface area contributed by atoms with Crippen LogP contribution in [0.5, 0.6) is 0 Å². The summed E-state index contributed by atoms with van der Waals surface area (Å²) in [5.41, 5.74) is 0.407. The molecule has 5 heteroatoms. The van der Waals surface area contributed by atoms with Crippen molar-refractivity contribution < 1.29 is 4.79 Å². The fourth-order valence-corrected chi connectivity index (χ4v) is 1.87. The molecule has 0 saturated carbocycles. The smallest absolute Gasteiger partial charge is 0.261 e. The average molecular weight is 340 g/mol. The summed E-state index contributed by atoms with van der Waals surface area (Å²) in [5.74, 6) is -0.407. The zero-order valence-electron chi connectivity index (χ0n) is 8.74. The molecule has 1 aromatic carbocycles. The van der Waals surface area contributed by atoms with Crippen LogP contribution >= 0.6 is 22.6 Å². The van der Waals surface area contributed by atoms with E-state index in [1.165, 1.54) is 12.3 Å². The third-order valence-corrected chi connectivity index (χ3v) is 3.13. The molecule has 0 atom stereocenters. The van der Waals surface area contributed by atoms with E-state index >= 15 is 0 Å². The molecule has 2 N–H and O–H groups in total. The number of hydrogen-bond acceptors (Lipinski definition) is 2. The molecule has 0 bridgehead atoms. The van der Waals surface area contributed by atoms with E-state index in [2.05, 4.69) is 32.9 Å². The summed E-state index contributed by atoms with van der Waals surface area (Å²) >= 11 is 2.12. The maximum absolute atomic E-state index is 11.9. The van der Waals surface area contributed by atoms with E-state index in [4.69, 9.17) is 0 Å². The molecule has 0 fully saturated rings. The summed E-state index contributed by atoms with van der Waals surface area (Å²) in [4.78, 5) is 25.7. The number of para-hydroxylation sites is 1. The van der Waals surface area contributed by atoms with Crippen molar-refractivity contribution in [1.29, 1.82) is 0 Å². The van der Waals surface area contributed by atoms with Gasteiger partial charge in [0.1, 0.15) is 5.56 Å². The number of aromatic nitrogens is 1. The van der Waals surface area contributed by atoms with Crippen LogP contribution in [0.4, 0.5) is 5.69 Å². The summed E-state index contributed by atoms with van der Waals surface area (Å²) in [6.45, 7) is 0. The van der Waals surface area contributed by atoms with Crippen LogP contribution in [-0.4, -0.2) is 10.9 Å². The number of carbonyl (C=O) groups is 1. The van der Waals surface area contributed by atoms with E-state index in [-0.39, 0.29) is 5.56 Å². The number of nitrogens with one attached hydrogen (secondary N) is 2.